The summed E-state index contributed by atoms with van der Waals surface area (Å²) in [5, 5.41) is 12.3. The van der Waals surface area contributed by atoms with Crippen molar-refractivity contribution in [2.45, 2.75) is 12.0 Å². The van der Waals surface area contributed by atoms with E-state index in [1.165, 1.54) is 18.2 Å². The lowest BCUT2D eigenvalue weighted by Gasteiger charge is -2.45. The highest BCUT2D eigenvalue weighted by Crippen LogP contribution is 2.52. The van der Waals surface area contributed by atoms with Crippen molar-refractivity contribution in [1.29, 1.82) is 0 Å². The van der Waals surface area contributed by atoms with E-state index in [0.29, 0.717) is 37.3 Å². The SMILES string of the molecule is Cl.NNC(=O)c1ccc(OCCO)c(F)c1-c1c(Cl)c(F)cc2c1CC1(c3ccccc3)CNCCN21. The number of piperazine rings is 1. The quantitative estimate of drug-likeness (QED) is 0.213. The zero-order valence-corrected chi connectivity index (χ0v) is 21.3. The van der Waals surface area contributed by atoms with Crippen LogP contribution < -0.4 is 26.2 Å². The van der Waals surface area contributed by atoms with Gasteiger partial charge < -0.3 is 20.1 Å². The highest BCUT2D eigenvalue weighted by Gasteiger charge is 2.48. The Labute approximate surface area is 223 Å². The monoisotopic (exact) mass is 550 g/mol. The Morgan fingerprint density at radius 3 is 2.68 bits per heavy atom. The van der Waals surface area contributed by atoms with Crippen LogP contribution in [0.25, 0.3) is 11.1 Å². The third-order valence-corrected chi connectivity index (χ3v) is 7.27. The number of anilines is 1. The maximum atomic E-state index is 16.0. The molecule has 1 fully saturated rings. The number of aliphatic hydroxyl groups is 1. The van der Waals surface area contributed by atoms with E-state index in [-0.39, 0.29) is 53.1 Å². The normalized spacial score (nSPS) is 18.0. The Hall–Kier alpha value is -2.95. The Morgan fingerprint density at radius 2 is 1.97 bits per heavy atom. The van der Waals surface area contributed by atoms with E-state index in [2.05, 4.69) is 10.2 Å². The minimum atomic E-state index is -0.893. The summed E-state index contributed by atoms with van der Waals surface area (Å²) in [5.41, 5.74) is 3.48. The van der Waals surface area contributed by atoms with Crippen LogP contribution in [0.15, 0.2) is 48.5 Å². The summed E-state index contributed by atoms with van der Waals surface area (Å²) >= 11 is 6.53. The van der Waals surface area contributed by atoms with Gasteiger partial charge in [-0.15, -0.1) is 12.4 Å². The zero-order valence-electron chi connectivity index (χ0n) is 19.7. The fraction of sp³-hybridized carbons (Fsp3) is 0.269. The van der Waals surface area contributed by atoms with Gasteiger partial charge in [0.15, 0.2) is 11.6 Å². The molecule has 5 rings (SSSR count). The number of hydrogen-bond donors (Lipinski definition) is 4. The number of fused-ring (bicyclic) bond motifs is 3. The number of benzene rings is 3. The first-order valence-electron chi connectivity index (χ1n) is 11.5. The molecule has 1 unspecified atom stereocenters. The lowest BCUT2D eigenvalue weighted by atomic mass is 9.83. The molecule has 1 atom stereocenters. The van der Waals surface area contributed by atoms with Gasteiger partial charge in [0.2, 0.25) is 0 Å². The molecule has 0 saturated carbocycles. The fourth-order valence-corrected chi connectivity index (χ4v) is 5.63. The number of nitrogens with two attached hydrogens (primary N) is 1. The van der Waals surface area contributed by atoms with Crippen LogP contribution in [0.1, 0.15) is 21.5 Å². The predicted molar refractivity (Wildman–Crippen MR) is 140 cm³/mol. The summed E-state index contributed by atoms with van der Waals surface area (Å²) < 4.78 is 36.7. The third-order valence-electron chi connectivity index (χ3n) is 6.90. The van der Waals surface area contributed by atoms with E-state index in [1.807, 2.05) is 35.8 Å². The van der Waals surface area contributed by atoms with Crippen molar-refractivity contribution < 1.29 is 23.4 Å². The second-order valence-electron chi connectivity index (χ2n) is 8.79. The van der Waals surface area contributed by atoms with Crippen LogP contribution in [0.4, 0.5) is 14.5 Å². The zero-order chi connectivity index (χ0) is 25.4. The molecule has 0 radical (unpaired) electrons. The summed E-state index contributed by atoms with van der Waals surface area (Å²) in [4.78, 5) is 14.8. The lowest BCUT2D eigenvalue weighted by Crippen LogP contribution is -2.57. The Kier molecular flexibility index (Phi) is 7.91. The molecule has 1 amide bonds. The molecular formula is C26H26Cl2F2N4O3. The number of nitrogen functional groups attached to an aromatic ring is 1. The molecule has 3 aromatic rings. The van der Waals surface area contributed by atoms with E-state index < -0.39 is 23.1 Å². The number of halogens is 4. The highest BCUT2D eigenvalue weighted by atomic mass is 35.5. The number of ether oxygens (including phenoxy) is 1. The molecule has 0 aliphatic carbocycles. The van der Waals surface area contributed by atoms with Crippen molar-refractivity contribution in [3.63, 3.8) is 0 Å². The van der Waals surface area contributed by atoms with Gasteiger partial charge in [0, 0.05) is 42.9 Å². The summed E-state index contributed by atoms with van der Waals surface area (Å²) in [5.74, 6) is 2.80. The van der Waals surface area contributed by atoms with Crippen molar-refractivity contribution in [2.75, 3.05) is 37.7 Å². The molecule has 2 heterocycles. The summed E-state index contributed by atoms with van der Waals surface area (Å²) in [6.07, 6.45) is 0.402. The first-order valence-corrected chi connectivity index (χ1v) is 11.9. The number of hydrogen-bond acceptors (Lipinski definition) is 6. The molecule has 0 spiro atoms. The van der Waals surface area contributed by atoms with Gasteiger partial charge in [0.25, 0.3) is 5.91 Å². The van der Waals surface area contributed by atoms with Crippen LogP contribution in [0.2, 0.25) is 5.02 Å². The second kappa shape index (κ2) is 10.8. The molecule has 11 heteroatoms. The number of nitrogens with zero attached hydrogens (tertiary/aromatic N) is 1. The second-order valence-corrected chi connectivity index (χ2v) is 9.17. The number of rotatable bonds is 6. The number of carbonyl (C=O) groups excluding carboxylic acids is 1. The van der Waals surface area contributed by atoms with Crippen LogP contribution in [-0.2, 0) is 12.0 Å². The topological polar surface area (TPSA) is 99.8 Å². The molecule has 5 N–H and O–H groups in total. The van der Waals surface area contributed by atoms with Crippen LogP contribution in [0.3, 0.4) is 0 Å². The van der Waals surface area contributed by atoms with Crippen molar-refractivity contribution in [2.24, 2.45) is 5.84 Å². The van der Waals surface area contributed by atoms with Crippen LogP contribution in [0, 0.1) is 11.6 Å². The highest BCUT2D eigenvalue weighted by molar-refractivity contribution is 6.34. The van der Waals surface area contributed by atoms with Crippen LogP contribution in [0.5, 0.6) is 5.75 Å². The van der Waals surface area contributed by atoms with E-state index in [1.54, 1.807) is 0 Å². The smallest absolute Gasteiger partial charge is 0.265 e. The summed E-state index contributed by atoms with van der Waals surface area (Å²) in [6.45, 7) is 1.37. The molecule has 2 aliphatic heterocycles. The molecule has 37 heavy (non-hydrogen) atoms. The molecule has 7 nitrogen and oxygen atoms in total. The predicted octanol–water partition coefficient (Wildman–Crippen LogP) is 3.54. The average molecular weight is 551 g/mol. The van der Waals surface area contributed by atoms with Crippen LogP contribution >= 0.6 is 24.0 Å². The van der Waals surface area contributed by atoms with E-state index in [4.69, 9.17) is 27.3 Å². The van der Waals surface area contributed by atoms with Gasteiger partial charge in [-0.25, -0.2) is 14.6 Å². The molecular weight excluding hydrogens is 525 g/mol. The average Bonchev–Trinajstić information content (AvgIpc) is 3.24. The minimum absolute atomic E-state index is 0. The van der Waals surface area contributed by atoms with Crippen LogP contribution in [-0.4, -0.2) is 43.9 Å². The van der Waals surface area contributed by atoms with Gasteiger partial charge in [-0.2, -0.15) is 0 Å². The van der Waals surface area contributed by atoms with Gasteiger partial charge >= 0.3 is 0 Å². The molecule has 2 aliphatic rings. The standard InChI is InChI=1S/C26H25ClF2N4O3.ClH/c27-23-18(28)12-19-17(13-26(14-31-8-9-33(19)26)15-4-2-1-3-5-15)21(23)22-16(25(35)32-30)6-7-20(24(22)29)36-11-10-34;/h1-7,12,31,34H,8-11,13-14,30H2,(H,32,35);1H. The van der Waals surface area contributed by atoms with Gasteiger partial charge in [-0.05, 0) is 29.3 Å². The Morgan fingerprint density at radius 1 is 1.22 bits per heavy atom. The maximum Gasteiger partial charge on any atom is 0.265 e. The first-order chi connectivity index (χ1) is 17.4. The maximum absolute atomic E-state index is 16.0. The van der Waals surface area contributed by atoms with E-state index in [0.717, 1.165) is 5.56 Å². The third kappa shape index (κ3) is 4.41. The van der Waals surface area contributed by atoms with Crippen molar-refractivity contribution in [3.05, 3.63) is 81.9 Å². The van der Waals surface area contributed by atoms with Gasteiger partial charge in [-0.1, -0.05) is 41.9 Å². The number of aliphatic hydroxyl groups excluding tert-OH is 1. The molecule has 0 aromatic heterocycles. The molecule has 196 valence electrons. The van der Waals surface area contributed by atoms with Crippen molar-refractivity contribution in [3.8, 4) is 16.9 Å². The Balaban J connectivity index is 0.00000320. The van der Waals surface area contributed by atoms with Crippen molar-refractivity contribution in [1.82, 2.24) is 10.7 Å². The van der Waals surface area contributed by atoms with Crippen molar-refractivity contribution >= 4 is 35.6 Å². The largest absolute Gasteiger partial charge is 0.488 e. The molecule has 3 aromatic carbocycles. The number of amides is 1. The molecule has 1 saturated heterocycles. The van der Waals surface area contributed by atoms with Gasteiger partial charge in [-0.3, -0.25) is 10.2 Å². The first kappa shape index (κ1) is 27.1. The van der Waals surface area contributed by atoms with E-state index in [9.17, 15) is 4.79 Å². The Bertz CT molecular complexity index is 1330. The number of nitrogens with one attached hydrogen (secondary N) is 2. The minimum Gasteiger partial charge on any atom is -0.488 e. The fourth-order valence-electron chi connectivity index (χ4n) is 5.37. The summed E-state index contributed by atoms with van der Waals surface area (Å²) in [7, 11) is 0. The molecule has 0 bridgehead atoms. The number of carbonyl (C=O) groups is 1. The van der Waals surface area contributed by atoms with Gasteiger partial charge in [0.1, 0.15) is 12.4 Å². The summed E-state index contributed by atoms with van der Waals surface area (Å²) in [6, 6.07) is 13.8. The van der Waals surface area contributed by atoms with Gasteiger partial charge in [0.05, 0.1) is 22.7 Å². The lowest BCUT2D eigenvalue weighted by molar-refractivity contribution is 0.0953. The van der Waals surface area contributed by atoms with E-state index >= 15 is 8.78 Å². The number of hydrazine groups is 1.